The monoisotopic (exact) mass is 588 g/mol. The van der Waals surface area contributed by atoms with E-state index in [1.807, 2.05) is 0 Å². The molecule has 0 aliphatic carbocycles. The molecule has 0 aromatic heterocycles. The second kappa shape index (κ2) is 24.7. The molecule has 1 aromatic rings. The Morgan fingerprint density at radius 3 is 1.20 bits per heavy atom. The minimum atomic E-state index is 0.196. The van der Waals surface area contributed by atoms with Crippen LogP contribution in [0.5, 0.6) is 0 Å². The smallest absolute Gasteiger partial charge is 0.185 e. The third kappa shape index (κ3) is 19.0. The van der Waals surface area contributed by atoms with Crippen molar-refractivity contribution in [1.29, 1.82) is 0 Å². The van der Waals surface area contributed by atoms with Crippen molar-refractivity contribution < 1.29 is 9.59 Å². The molecule has 0 aliphatic heterocycles. The molecule has 0 spiro atoms. The van der Waals surface area contributed by atoms with Crippen molar-refractivity contribution in [2.75, 3.05) is 24.6 Å². The van der Waals surface area contributed by atoms with Gasteiger partial charge in [0.05, 0.1) is 0 Å². The molecule has 222 valence electrons. The summed E-state index contributed by atoms with van der Waals surface area (Å²) in [6, 6.07) is 4.93. The van der Waals surface area contributed by atoms with Crippen molar-refractivity contribution >= 4 is 33.8 Å². The molecule has 0 N–H and O–H groups in total. The molecule has 8 nitrogen and oxygen atoms in total. The lowest BCUT2D eigenvalue weighted by molar-refractivity contribution is -0.109. The Balaban J connectivity index is 2.93. The van der Waals surface area contributed by atoms with Gasteiger partial charge in [-0.2, -0.15) is 0 Å². The van der Waals surface area contributed by atoms with E-state index in [2.05, 4.69) is 32.2 Å². The van der Waals surface area contributed by atoms with Gasteiger partial charge < -0.3 is 0 Å². The van der Waals surface area contributed by atoms with E-state index in [0.717, 1.165) is 114 Å². The van der Waals surface area contributed by atoms with Crippen molar-refractivity contribution in [3.8, 4) is 0 Å². The molecular weight excluding hydrogens is 541 g/mol. The van der Waals surface area contributed by atoms with E-state index in [9.17, 15) is 9.59 Å². The summed E-state index contributed by atoms with van der Waals surface area (Å²) in [7, 11) is 0. The second-order valence-electron chi connectivity index (χ2n) is 10.2. The van der Waals surface area contributed by atoms with Crippen molar-refractivity contribution in [2.45, 2.75) is 117 Å². The van der Waals surface area contributed by atoms with Crippen LogP contribution in [0.4, 0.5) is 0 Å². The van der Waals surface area contributed by atoms with Gasteiger partial charge in [0.2, 0.25) is 0 Å². The van der Waals surface area contributed by atoms with Gasteiger partial charge in [-0.15, -0.1) is 0 Å². The van der Waals surface area contributed by atoms with Gasteiger partial charge in [-0.3, -0.25) is 9.59 Å². The molecule has 0 heterocycles. The van der Waals surface area contributed by atoms with Gasteiger partial charge in [-0.25, -0.2) is 0 Å². The van der Waals surface area contributed by atoms with Crippen LogP contribution in [0.3, 0.4) is 0 Å². The molecule has 40 heavy (non-hydrogen) atoms. The summed E-state index contributed by atoms with van der Waals surface area (Å²) in [5.74, 6) is 1.81. The lowest BCUT2D eigenvalue weighted by atomic mass is 9.88. The van der Waals surface area contributed by atoms with Crippen molar-refractivity contribution in [2.24, 2.45) is 10.2 Å². The molecule has 0 aliphatic rings. The van der Waals surface area contributed by atoms with E-state index >= 15 is 0 Å². The number of hydrogen-bond donors (Lipinski definition) is 0. The number of thioether (sulfide) groups is 2. The van der Waals surface area contributed by atoms with Gasteiger partial charge in [-0.1, -0.05) is 71.6 Å². The molecule has 0 amide bonds. The van der Waals surface area contributed by atoms with E-state index in [-0.39, 0.29) is 10.2 Å². The molecule has 0 atom stereocenters. The number of hydrogen-bond acceptors (Lipinski definition) is 6. The van der Waals surface area contributed by atoms with Gasteiger partial charge in [0.15, 0.2) is 10.2 Å². The van der Waals surface area contributed by atoms with E-state index in [1.54, 1.807) is 13.8 Å². The molecule has 1 rings (SSSR count). The molecule has 0 unspecified atom stereocenters. The summed E-state index contributed by atoms with van der Waals surface area (Å²) < 4.78 is 0. The summed E-state index contributed by atoms with van der Waals surface area (Å²) in [5.41, 5.74) is 22.9. The third-order valence-electron chi connectivity index (χ3n) is 6.85. The van der Waals surface area contributed by atoms with Crippen LogP contribution in [0.1, 0.15) is 113 Å². The Labute approximate surface area is 249 Å². The fourth-order valence-electron chi connectivity index (χ4n) is 4.78. The highest BCUT2D eigenvalue weighted by molar-refractivity contribution is 8.13. The highest BCUT2D eigenvalue weighted by Gasteiger charge is 2.11. The highest BCUT2D eigenvalue weighted by Crippen LogP contribution is 2.25. The topological polar surface area (TPSA) is 132 Å². The normalized spacial score (nSPS) is 10.7. The fraction of sp³-hybridized carbons (Fsp3) is 0.733. The number of carbonyl (C=O) groups is 2. The summed E-state index contributed by atoms with van der Waals surface area (Å²) in [6.07, 6.45) is 17.0. The first-order valence-electron chi connectivity index (χ1n) is 14.9. The molecule has 0 saturated carbocycles. The number of azide groups is 2. The van der Waals surface area contributed by atoms with E-state index in [4.69, 9.17) is 11.1 Å². The quantitative estimate of drug-likeness (QED) is 0.0514. The van der Waals surface area contributed by atoms with Crippen molar-refractivity contribution in [3.05, 3.63) is 55.3 Å². The largest absolute Gasteiger partial charge is 0.288 e. The average molecular weight is 589 g/mol. The number of carbonyl (C=O) groups excluding carboxylic acids is 2. The van der Waals surface area contributed by atoms with Gasteiger partial charge in [-0.05, 0) is 110 Å². The minimum absolute atomic E-state index is 0.196. The second-order valence-corrected chi connectivity index (χ2v) is 12.8. The lowest BCUT2D eigenvalue weighted by Crippen LogP contribution is -2.04. The van der Waals surface area contributed by atoms with Gasteiger partial charge in [0, 0.05) is 48.3 Å². The Morgan fingerprint density at radius 1 is 0.575 bits per heavy atom. The van der Waals surface area contributed by atoms with Crippen LogP contribution >= 0.6 is 23.5 Å². The maximum absolute atomic E-state index is 11.2. The van der Waals surface area contributed by atoms with Crippen LogP contribution in [0.2, 0.25) is 0 Å². The number of unbranched alkanes of at least 4 members (excludes halogenated alkanes) is 8. The SMILES string of the molecule is CC(=O)SCCCCCc1cc(CCCCCN=[N+]=[N-])c(CCCCCN=[N+]=[N-])cc1CCCCCSC(C)=O. The summed E-state index contributed by atoms with van der Waals surface area (Å²) in [6.45, 7) is 4.39. The van der Waals surface area contributed by atoms with Crippen LogP contribution in [-0.2, 0) is 35.3 Å². The maximum atomic E-state index is 11.2. The molecule has 1 aromatic carbocycles. The van der Waals surface area contributed by atoms with E-state index in [0.29, 0.717) is 13.1 Å². The Hall–Kier alpha value is -2.12. The zero-order valence-electron chi connectivity index (χ0n) is 24.6. The Morgan fingerprint density at radius 2 is 0.900 bits per heavy atom. The molecule has 0 bridgehead atoms. The van der Waals surface area contributed by atoms with Crippen LogP contribution in [0.15, 0.2) is 22.4 Å². The van der Waals surface area contributed by atoms with Crippen molar-refractivity contribution in [3.63, 3.8) is 0 Å². The van der Waals surface area contributed by atoms with E-state index < -0.39 is 0 Å². The van der Waals surface area contributed by atoms with Crippen LogP contribution in [-0.4, -0.2) is 34.8 Å². The first kappa shape index (κ1) is 35.9. The number of benzene rings is 1. The zero-order chi connectivity index (χ0) is 29.3. The zero-order valence-corrected chi connectivity index (χ0v) is 26.2. The van der Waals surface area contributed by atoms with E-state index in [1.165, 1.54) is 45.8 Å². The number of aryl methyl sites for hydroxylation is 4. The summed E-state index contributed by atoms with van der Waals surface area (Å²) in [4.78, 5) is 28.1. The fourth-order valence-corrected chi connectivity index (χ4v) is 6.05. The first-order valence-corrected chi connectivity index (χ1v) is 16.9. The standard InChI is InChI=1S/C30H48N6O2S2/c1-25(37)39-21-13-5-9-17-29-23-27(15-7-3-11-19-33-35-31)28(16-8-4-12-20-34-36-32)24-30(29)18-10-6-14-22-40-26(2)38/h23-24H,3-22H2,1-2H3. The Bertz CT molecular complexity index is 898. The number of rotatable bonds is 24. The predicted molar refractivity (Wildman–Crippen MR) is 171 cm³/mol. The maximum Gasteiger partial charge on any atom is 0.185 e. The van der Waals surface area contributed by atoms with Crippen LogP contribution < -0.4 is 0 Å². The summed E-state index contributed by atoms with van der Waals surface area (Å²) >= 11 is 2.84. The Kier molecular flexibility index (Phi) is 22.1. The third-order valence-corrected chi connectivity index (χ3v) is 8.65. The van der Waals surface area contributed by atoms with Gasteiger partial charge >= 0.3 is 0 Å². The molecule has 0 saturated heterocycles. The van der Waals surface area contributed by atoms with Crippen molar-refractivity contribution in [1.82, 2.24) is 0 Å². The molecular formula is C30H48N6O2S2. The lowest BCUT2D eigenvalue weighted by Gasteiger charge is -2.18. The van der Waals surface area contributed by atoms with Gasteiger partial charge in [0.1, 0.15) is 0 Å². The van der Waals surface area contributed by atoms with Gasteiger partial charge in [0.25, 0.3) is 0 Å². The summed E-state index contributed by atoms with van der Waals surface area (Å²) in [5, 5.41) is 7.72. The molecule has 0 radical (unpaired) electrons. The number of nitrogens with zero attached hydrogens (tertiary/aromatic N) is 6. The predicted octanol–water partition coefficient (Wildman–Crippen LogP) is 9.72. The minimum Gasteiger partial charge on any atom is -0.288 e. The van der Waals surface area contributed by atoms with Crippen LogP contribution in [0.25, 0.3) is 20.9 Å². The first-order chi connectivity index (χ1) is 19.5. The van der Waals surface area contributed by atoms with Crippen LogP contribution in [0, 0.1) is 0 Å². The average Bonchev–Trinajstić information content (AvgIpc) is 2.92. The molecule has 0 fully saturated rings. The highest BCUT2D eigenvalue weighted by atomic mass is 32.2. The molecule has 10 heteroatoms.